The molecule has 0 amide bonds. The van der Waals surface area contributed by atoms with Crippen LogP contribution in [0.4, 0.5) is 4.39 Å². The van der Waals surface area contributed by atoms with Gasteiger partial charge in [0.05, 0.1) is 7.11 Å². The van der Waals surface area contributed by atoms with Gasteiger partial charge in [0, 0.05) is 18.2 Å². The van der Waals surface area contributed by atoms with Gasteiger partial charge in [-0.2, -0.15) is 0 Å². The van der Waals surface area contributed by atoms with Crippen LogP contribution in [-0.2, 0) is 18.5 Å². The molecule has 0 fully saturated rings. The second-order valence-corrected chi connectivity index (χ2v) is 7.60. The number of tetrazole rings is 1. The van der Waals surface area contributed by atoms with Gasteiger partial charge >= 0.3 is 0 Å². The van der Waals surface area contributed by atoms with Crippen LogP contribution in [0.1, 0.15) is 17.3 Å². The van der Waals surface area contributed by atoms with E-state index in [0.717, 1.165) is 5.56 Å². The Bertz CT molecular complexity index is 1540. The van der Waals surface area contributed by atoms with E-state index in [1.165, 1.54) is 23.9 Å². The number of ether oxygens (including phenoxy) is 2. The molecule has 3 aromatic carbocycles. The van der Waals surface area contributed by atoms with Crippen LogP contribution in [0.25, 0.3) is 11.5 Å². The van der Waals surface area contributed by atoms with E-state index in [2.05, 4.69) is 30.9 Å². The van der Waals surface area contributed by atoms with Crippen LogP contribution in [0, 0.1) is 5.82 Å². The zero-order valence-corrected chi connectivity index (χ0v) is 19.8. The summed E-state index contributed by atoms with van der Waals surface area (Å²) < 4.78 is 32.3. The maximum absolute atomic E-state index is 14.0. The van der Waals surface area contributed by atoms with E-state index in [1.54, 1.807) is 37.4 Å². The summed E-state index contributed by atoms with van der Waals surface area (Å²) in [7, 11) is 3.19. The summed E-state index contributed by atoms with van der Waals surface area (Å²) in [5.74, 6) is 1.17. The van der Waals surface area contributed by atoms with Crippen molar-refractivity contribution in [3.63, 3.8) is 0 Å². The molecule has 0 atom stereocenters. The second-order valence-electron chi connectivity index (χ2n) is 7.60. The number of nitrogens with zero attached hydrogens (tertiary/aromatic N) is 7. The van der Waals surface area contributed by atoms with Gasteiger partial charge in [0.25, 0.3) is 5.89 Å². The van der Waals surface area contributed by atoms with Gasteiger partial charge in [-0.1, -0.05) is 47.6 Å². The van der Waals surface area contributed by atoms with E-state index in [9.17, 15) is 4.39 Å². The third-order valence-electron chi connectivity index (χ3n) is 5.16. The number of halogens is 1. The first kappa shape index (κ1) is 23.6. The zero-order valence-electron chi connectivity index (χ0n) is 19.8. The van der Waals surface area contributed by atoms with Gasteiger partial charge in [-0.15, -0.1) is 15.3 Å². The van der Waals surface area contributed by atoms with Crippen molar-refractivity contribution in [3.8, 4) is 28.7 Å². The van der Waals surface area contributed by atoms with E-state index >= 15 is 0 Å². The summed E-state index contributed by atoms with van der Waals surface area (Å²) in [6, 6.07) is 20.5. The average molecular weight is 501 g/mol. The zero-order chi connectivity index (χ0) is 25.6. The van der Waals surface area contributed by atoms with E-state index in [0.29, 0.717) is 28.6 Å². The smallest absolute Gasteiger partial charge is 0.257 e. The molecule has 2 heterocycles. The molecule has 0 saturated heterocycles. The van der Waals surface area contributed by atoms with E-state index in [-0.39, 0.29) is 24.1 Å². The minimum atomic E-state index is -0.483. The standard InChI is InChI=1S/C25H20FN7O4/c1-33-24(28-31-32-33)23(16-8-4-3-5-9-16)30-35-15-22-27-29-25(37-22)17-12-13-20(21(14-17)34-2)36-19-11-7-6-10-18(19)26/h3-14H,15H2,1-2H3/b30-23-. The fourth-order valence-corrected chi connectivity index (χ4v) is 3.36. The Balaban J connectivity index is 1.32. The molecule has 5 aromatic rings. The molecule has 2 aromatic heterocycles. The molecule has 0 unspecified atom stereocenters. The summed E-state index contributed by atoms with van der Waals surface area (Å²) in [4.78, 5) is 5.51. The van der Waals surface area contributed by atoms with Crippen LogP contribution < -0.4 is 9.47 Å². The highest BCUT2D eigenvalue weighted by molar-refractivity contribution is 6.10. The Kier molecular flexibility index (Phi) is 6.79. The topological polar surface area (TPSA) is 123 Å². The lowest BCUT2D eigenvalue weighted by Crippen LogP contribution is -2.12. The Morgan fingerprint density at radius 2 is 1.76 bits per heavy atom. The van der Waals surface area contributed by atoms with E-state index in [4.69, 9.17) is 18.7 Å². The van der Waals surface area contributed by atoms with Crippen molar-refractivity contribution in [2.24, 2.45) is 12.2 Å². The van der Waals surface area contributed by atoms with Crippen LogP contribution >= 0.6 is 0 Å². The molecule has 0 spiro atoms. The van der Waals surface area contributed by atoms with Crippen molar-refractivity contribution in [2.75, 3.05) is 7.11 Å². The fourth-order valence-electron chi connectivity index (χ4n) is 3.36. The summed E-state index contributed by atoms with van der Waals surface area (Å²) in [6.07, 6.45) is 0. The van der Waals surface area contributed by atoms with Crippen molar-refractivity contribution in [2.45, 2.75) is 6.61 Å². The van der Waals surface area contributed by atoms with Crippen molar-refractivity contribution in [3.05, 3.63) is 95.9 Å². The molecule has 0 aliphatic carbocycles. The van der Waals surface area contributed by atoms with Crippen LogP contribution in [0.15, 0.2) is 82.4 Å². The molecule has 0 N–H and O–H groups in total. The SMILES string of the molecule is COc1cc(-c2nnc(CO/N=C(/c3ccccc3)c3nnnn3C)o2)ccc1Oc1ccccc1F. The molecule has 0 radical (unpaired) electrons. The third-order valence-corrected chi connectivity index (χ3v) is 5.16. The number of hydrogen-bond acceptors (Lipinski definition) is 10. The summed E-state index contributed by atoms with van der Waals surface area (Å²) >= 11 is 0. The Hall–Kier alpha value is -5.13. The maximum Gasteiger partial charge on any atom is 0.257 e. The van der Waals surface area contributed by atoms with E-state index < -0.39 is 5.82 Å². The minimum Gasteiger partial charge on any atom is -0.493 e. The van der Waals surface area contributed by atoms with Crippen molar-refractivity contribution >= 4 is 5.71 Å². The van der Waals surface area contributed by atoms with Gasteiger partial charge in [-0.05, 0) is 40.8 Å². The largest absolute Gasteiger partial charge is 0.493 e. The van der Waals surface area contributed by atoms with E-state index in [1.807, 2.05) is 30.3 Å². The average Bonchev–Trinajstić information content (AvgIpc) is 3.58. The van der Waals surface area contributed by atoms with Crippen LogP contribution in [0.3, 0.4) is 0 Å². The number of benzene rings is 3. The monoisotopic (exact) mass is 501 g/mol. The molecule has 186 valence electrons. The van der Waals surface area contributed by atoms with Crippen molar-refractivity contribution in [1.82, 2.24) is 30.4 Å². The number of methoxy groups -OCH3 is 1. The van der Waals surface area contributed by atoms with Gasteiger partial charge in [-0.3, -0.25) is 0 Å². The van der Waals surface area contributed by atoms with Crippen molar-refractivity contribution in [1.29, 1.82) is 0 Å². The molecule has 37 heavy (non-hydrogen) atoms. The van der Waals surface area contributed by atoms with Crippen LogP contribution in [-0.4, -0.2) is 43.2 Å². The molecule has 0 aliphatic rings. The summed E-state index contributed by atoms with van der Waals surface area (Å²) in [5, 5.41) is 23.8. The maximum atomic E-state index is 14.0. The first-order valence-corrected chi connectivity index (χ1v) is 11.0. The predicted octanol–water partition coefficient (Wildman–Crippen LogP) is 4.17. The third kappa shape index (κ3) is 5.27. The molecular formula is C25H20FN7O4. The molecule has 0 bridgehead atoms. The second kappa shape index (κ2) is 10.6. The van der Waals surface area contributed by atoms with Crippen LogP contribution in [0.2, 0.25) is 0 Å². The lowest BCUT2D eigenvalue weighted by Gasteiger charge is -2.11. The fraction of sp³-hybridized carbons (Fsp3) is 0.120. The quantitative estimate of drug-likeness (QED) is 0.216. The molecule has 0 aliphatic heterocycles. The lowest BCUT2D eigenvalue weighted by atomic mass is 10.1. The van der Waals surface area contributed by atoms with Gasteiger partial charge < -0.3 is 18.7 Å². The normalized spacial score (nSPS) is 11.4. The highest BCUT2D eigenvalue weighted by Gasteiger charge is 2.17. The predicted molar refractivity (Wildman–Crippen MR) is 128 cm³/mol. The van der Waals surface area contributed by atoms with Gasteiger partial charge in [-0.25, -0.2) is 9.07 Å². The number of oxime groups is 1. The molecule has 0 saturated carbocycles. The molecular weight excluding hydrogens is 481 g/mol. The number of hydrogen-bond donors (Lipinski definition) is 0. The summed E-state index contributed by atoms with van der Waals surface area (Å²) in [5.41, 5.74) is 1.80. The van der Waals surface area contributed by atoms with Gasteiger partial charge in [0.2, 0.25) is 11.7 Å². The highest BCUT2D eigenvalue weighted by atomic mass is 19.1. The highest BCUT2D eigenvalue weighted by Crippen LogP contribution is 2.35. The minimum absolute atomic E-state index is 0.0818. The molecule has 5 rings (SSSR count). The molecule has 12 heteroatoms. The first-order chi connectivity index (χ1) is 18.1. The number of aryl methyl sites for hydroxylation is 1. The Labute approximate surface area is 210 Å². The lowest BCUT2D eigenvalue weighted by molar-refractivity contribution is 0.111. The summed E-state index contributed by atoms with van der Waals surface area (Å²) in [6.45, 7) is -0.0831. The number of para-hydroxylation sites is 1. The first-order valence-electron chi connectivity index (χ1n) is 11.0. The number of rotatable bonds is 9. The Morgan fingerprint density at radius 1 is 0.946 bits per heavy atom. The number of aromatic nitrogens is 6. The Morgan fingerprint density at radius 3 is 2.51 bits per heavy atom. The van der Waals surface area contributed by atoms with Gasteiger partial charge in [0.1, 0.15) is 0 Å². The van der Waals surface area contributed by atoms with Crippen LogP contribution in [0.5, 0.6) is 17.2 Å². The van der Waals surface area contributed by atoms with Gasteiger partial charge in [0.15, 0.2) is 35.4 Å². The molecule has 11 nitrogen and oxygen atoms in total. The van der Waals surface area contributed by atoms with Crippen molar-refractivity contribution < 1.29 is 23.1 Å².